The largest absolute Gasteiger partial charge is 0.378 e. The van der Waals surface area contributed by atoms with E-state index in [0.717, 1.165) is 5.69 Å². The maximum absolute atomic E-state index is 12.3. The van der Waals surface area contributed by atoms with E-state index in [9.17, 15) is 8.42 Å². The van der Waals surface area contributed by atoms with E-state index in [4.69, 9.17) is 0 Å². The highest BCUT2D eigenvalue weighted by Gasteiger charge is 2.15. The molecule has 0 aliphatic rings. The summed E-state index contributed by atoms with van der Waals surface area (Å²) in [6.07, 6.45) is 1.45. The predicted molar refractivity (Wildman–Crippen MR) is 85.4 cm³/mol. The summed E-state index contributed by atoms with van der Waals surface area (Å²) in [6.45, 7) is 0. The second-order valence-electron chi connectivity index (χ2n) is 4.67. The number of anilines is 3. The Bertz CT molecular complexity index is 712. The number of pyridine rings is 1. The van der Waals surface area contributed by atoms with Gasteiger partial charge in [-0.3, -0.25) is 4.72 Å². The van der Waals surface area contributed by atoms with Crippen molar-refractivity contribution in [2.75, 3.05) is 36.1 Å². The molecule has 0 bridgehead atoms. The van der Waals surface area contributed by atoms with E-state index in [1.54, 1.807) is 19.2 Å². The smallest absolute Gasteiger partial charge is 0.262 e. The normalized spacial score (nSPS) is 11.0. The number of aromatic nitrogens is 1. The molecule has 21 heavy (non-hydrogen) atoms. The molecule has 1 heterocycles. The van der Waals surface area contributed by atoms with E-state index in [0.29, 0.717) is 11.5 Å². The average molecular weight is 306 g/mol. The molecule has 2 aromatic rings. The number of nitrogens with one attached hydrogen (secondary N) is 2. The zero-order valence-electron chi connectivity index (χ0n) is 12.2. The number of benzene rings is 1. The van der Waals surface area contributed by atoms with Gasteiger partial charge >= 0.3 is 0 Å². The van der Waals surface area contributed by atoms with Crippen LogP contribution in [0, 0.1) is 0 Å². The predicted octanol–water partition coefficient (Wildman–Crippen LogP) is 1.99. The fourth-order valence-electron chi connectivity index (χ4n) is 1.76. The lowest BCUT2D eigenvalue weighted by atomic mass is 10.3. The molecule has 2 rings (SSSR count). The van der Waals surface area contributed by atoms with Crippen LogP contribution in [0.25, 0.3) is 0 Å². The summed E-state index contributed by atoms with van der Waals surface area (Å²) in [4.78, 5) is 6.11. The van der Waals surface area contributed by atoms with Crippen LogP contribution in [0.2, 0.25) is 0 Å². The molecule has 0 spiro atoms. The molecule has 1 aromatic carbocycles. The van der Waals surface area contributed by atoms with Gasteiger partial charge in [-0.15, -0.1) is 0 Å². The van der Waals surface area contributed by atoms with E-state index in [2.05, 4.69) is 15.0 Å². The van der Waals surface area contributed by atoms with Crippen LogP contribution in [0.4, 0.5) is 17.2 Å². The van der Waals surface area contributed by atoms with Crippen molar-refractivity contribution < 1.29 is 8.42 Å². The lowest BCUT2D eigenvalue weighted by molar-refractivity contribution is 0.601. The molecule has 112 valence electrons. The summed E-state index contributed by atoms with van der Waals surface area (Å²) in [5.41, 5.74) is 1.52. The minimum absolute atomic E-state index is 0.165. The van der Waals surface area contributed by atoms with E-state index in [1.807, 2.05) is 31.1 Å². The second kappa shape index (κ2) is 6.01. The van der Waals surface area contributed by atoms with Crippen molar-refractivity contribution in [3.8, 4) is 0 Å². The van der Waals surface area contributed by atoms with Crippen molar-refractivity contribution in [3.05, 3.63) is 42.6 Å². The Hall–Kier alpha value is -2.28. The Morgan fingerprint density at radius 2 is 1.76 bits per heavy atom. The number of rotatable bonds is 5. The van der Waals surface area contributed by atoms with Crippen molar-refractivity contribution in [1.82, 2.24) is 4.98 Å². The third kappa shape index (κ3) is 3.63. The summed E-state index contributed by atoms with van der Waals surface area (Å²) in [5.74, 6) is 0.501. The summed E-state index contributed by atoms with van der Waals surface area (Å²) in [6, 6.07) is 10.1. The first-order chi connectivity index (χ1) is 9.92. The van der Waals surface area contributed by atoms with Gasteiger partial charge in [0, 0.05) is 44.8 Å². The van der Waals surface area contributed by atoms with E-state index in [-0.39, 0.29) is 4.90 Å². The maximum Gasteiger partial charge on any atom is 0.262 e. The van der Waals surface area contributed by atoms with Gasteiger partial charge in [0.05, 0.1) is 4.90 Å². The van der Waals surface area contributed by atoms with E-state index < -0.39 is 10.0 Å². The van der Waals surface area contributed by atoms with Gasteiger partial charge in [0.2, 0.25) is 0 Å². The molecule has 0 aliphatic heterocycles. The second-order valence-corrected chi connectivity index (χ2v) is 6.36. The summed E-state index contributed by atoms with van der Waals surface area (Å²) in [7, 11) is 1.92. The van der Waals surface area contributed by atoms with Crippen molar-refractivity contribution >= 4 is 27.2 Å². The zero-order valence-corrected chi connectivity index (χ0v) is 13.0. The fourth-order valence-corrected chi connectivity index (χ4v) is 2.83. The third-order valence-electron chi connectivity index (χ3n) is 2.93. The Kier molecular flexibility index (Phi) is 4.32. The molecular formula is C14H18N4O2S. The van der Waals surface area contributed by atoms with Gasteiger partial charge in [0.25, 0.3) is 10.0 Å². The Morgan fingerprint density at radius 1 is 1.10 bits per heavy atom. The standard InChI is InChI=1S/C14H18N4O2S/c1-15-14-10-13(8-9-16-14)21(19,20)17-11-4-6-12(7-5-11)18(2)3/h4-10,17H,1-3H3,(H,15,16). The number of hydrogen-bond acceptors (Lipinski definition) is 5. The molecule has 0 atom stereocenters. The monoisotopic (exact) mass is 306 g/mol. The van der Waals surface area contributed by atoms with Gasteiger partial charge in [-0.1, -0.05) is 0 Å². The highest BCUT2D eigenvalue weighted by molar-refractivity contribution is 7.92. The lowest BCUT2D eigenvalue weighted by Crippen LogP contribution is -2.14. The molecule has 0 radical (unpaired) electrons. The molecular weight excluding hydrogens is 288 g/mol. The van der Waals surface area contributed by atoms with Crippen LogP contribution in [0.15, 0.2) is 47.5 Å². The fraction of sp³-hybridized carbons (Fsp3) is 0.214. The Balaban J connectivity index is 2.24. The topological polar surface area (TPSA) is 74.3 Å². The van der Waals surface area contributed by atoms with Crippen molar-refractivity contribution in [1.29, 1.82) is 0 Å². The van der Waals surface area contributed by atoms with Gasteiger partial charge < -0.3 is 10.2 Å². The molecule has 0 amide bonds. The summed E-state index contributed by atoms with van der Waals surface area (Å²) in [5, 5.41) is 2.81. The van der Waals surface area contributed by atoms with Crippen molar-refractivity contribution in [2.45, 2.75) is 4.90 Å². The number of hydrogen-bond donors (Lipinski definition) is 2. The van der Waals surface area contributed by atoms with Crippen LogP contribution in [0.5, 0.6) is 0 Å². The summed E-state index contributed by atoms with van der Waals surface area (Å²) < 4.78 is 27.2. The molecule has 2 N–H and O–H groups in total. The Morgan fingerprint density at radius 3 is 2.33 bits per heavy atom. The first-order valence-corrected chi connectivity index (χ1v) is 7.85. The van der Waals surface area contributed by atoms with Gasteiger partial charge in [-0.05, 0) is 30.3 Å². The van der Waals surface area contributed by atoms with Crippen LogP contribution >= 0.6 is 0 Å². The molecule has 6 nitrogen and oxygen atoms in total. The molecule has 7 heteroatoms. The molecule has 1 aromatic heterocycles. The first-order valence-electron chi connectivity index (χ1n) is 6.36. The number of nitrogens with zero attached hydrogens (tertiary/aromatic N) is 2. The van der Waals surface area contributed by atoms with Gasteiger partial charge in [-0.2, -0.15) is 0 Å². The minimum atomic E-state index is -3.62. The van der Waals surface area contributed by atoms with Gasteiger partial charge in [0.1, 0.15) is 5.82 Å². The molecule has 0 fully saturated rings. The van der Waals surface area contributed by atoms with Crippen LogP contribution in [0.1, 0.15) is 0 Å². The lowest BCUT2D eigenvalue weighted by Gasteiger charge is -2.13. The van der Waals surface area contributed by atoms with Crippen molar-refractivity contribution in [2.24, 2.45) is 0 Å². The highest BCUT2D eigenvalue weighted by Crippen LogP contribution is 2.20. The number of sulfonamides is 1. The highest BCUT2D eigenvalue weighted by atomic mass is 32.2. The third-order valence-corrected chi connectivity index (χ3v) is 4.31. The zero-order chi connectivity index (χ0) is 15.5. The SMILES string of the molecule is CNc1cc(S(=O)(=O)Nc2ccc(N(C)C)cc2)ccn1. The van der Waals surface area contributed by atoms with Crippen LogP contribution < -0.4 is 14.9 Å². The maximum atomic E-state index is 12.3. The summed E-state index contributed by atoms with van der Waals surface area (Å²) >= 11 is 0. The minimum Gasteiger partial charge on any atom is -0.378 e. The average Bonchev–Trinajstić information content (AvgIpc) is 2.47. The van der Waals surface area contributed by atoms with Crippen LogP contribution in [-0.4, -0.2) is 34.5 Å². The van der Waals surface area contributed by atoms with Crippen molar-refractivity contribution in [3.63, 3.8) is 0 Å². The van der Waals surface area contributed by atoms with Gasteiger partial charge in [0.15, 0.2) is 0 Å². The van der Waals surface area contributed by atoms with Crippen LogP contribution in [0.3, 0.4) is 0 Å². The van der Waals surface area contributed by atoms with E-state index >= 15 is 0 Å². The molecule has 0 saturated carbocycles. The Labute approximate surface area is 124 Å². The van der Waals surface area contributed by atoms with E-state index in [1.165, 1.54) is 18.3 Å². The molecule has 0 unspecified atom stereocenters. The molecule has 0 aliphatic carbocycles. The first kappa shape index (κ1) is 15.1. The quantitative estimate of drug-likeness (QED) is 0.883. The van der Waals surface area contributed by atoms with Gasteiger partial charge in [-0.25, -0.2) is 13.4 Å². The molecule has 0 saturated heterocycles. The van der Waals surface area contributed by atoms with Crippen LogP contribution in [-0.2, 0) is 10.0 Å².